The second kappa shape index (κ2) is 4.40. The van der Waals surface area contributed by atoms with E-state index in [2.05, 4.69) is 10.2 Å². The third-order valence-corrected chi connectivity index (χ3v) is 5.37. The molecule has 0 amide bonds. The molecule has 1 saturated carbocycles. The Labute approximate surface area is 101 Å². The van der Waals surface area contributed by atoms with E-state index >= 15 is 0 Å². The molecule has 1 aliphatic rings. The summed E-state index contributed by atoms with van der Waals surface area (Å²) in [7, 11) is -1.90. The number of nitrogens with one attached hydrogen (secondary N) is 1. The molecule has 0 bridgehead atoms. The van der Waals surface area contributed by atoms with E-state index in [1.54, 1.807) is 7.05 Å². The van der Waals surface area contributed by atoms with Gasteiger partial charge in [-0.3, -0.25) is 5.10 Å². The van der Waals surface area contributed by atoms with Crippen LogP contribution in [0.1, 0.15) is 25.3 Å². The molecule has 1 fully saturated rings. The summed E-state index contributed by atoms with van der Waals surface area (Å²) in [6, 6.07) is 0.0222. The first kappa shape index (κ1) is 12.5. The lowest BCUT2D eigenvalue weighted by Crippen LogP contribution is -2.37. The predicted octanol–water partition coefficient (Wildman–Crippen LogP) is 0.287. The summed E-state index contributed by atoms with van der Waals surface area (Å²) in [6.45, 7) is 2.10. The van der Waals surface area contributed by atoms with Crippen LogP contribution in [0, 0.1) is 5.92 Å². The highest BCUT2D eigenvalue weighted by Crippen LogP contribution is 2.36. The summed E-state index contributed by atoms with van der Waals surface area (Å²) in [4.78, 5) is 0. The number of hydrogen-bond donors (Lipinski definition) is 2. The predicted molar refractivity (Wildman–Crippen MR) is 63.6 cm³/mol. The third kappa shape index (κ3) is 2.22. The minimum absolute atomic E-state index is 0.0222. The Morgan fingerprint density at radius 2 is 2.29 bits per heavy atom. The minimum atomic E-state index is -3.51. The summed E-state index contributed by atoms with van der Waals surface area (Å²) in [5.74, 6) is 0.485. The molecule has 1 aromatic heterocycles. The highest BCUT2D eigenvalue weighted by molar-refractivity contribution is 7.89. The van der Waals surface area contributed by atoms with Gasteiger partial charge in [-0.25, -0.2) is 8.42 Å². The number of H-pyrrole nitrogens is 1. The van der Waals surface area contributed by atoms with Crippen LogP contribution in [-0.4, -0.2) is 36.0 Å². The molecule has 0 radical (unpaired) electrons. The van der Waals surface area contributed by atoms with Crippen molar-refractivity contribution in [2.24, 2.45) is 11.7 Å². The van der Waals surface area contributed by atoms with Crippen LogP contribution in [0.5, 0.6) is 0 Å². The summed E-state index contributed by atoms with van der Waals surface area (Å²) in [5, 5.41) is 6.40. The number of aromatic nitrogens is 2. The van der Waals surface area contributed by atoms with Crippen LogP contribution in [0.4, 0.5) is 0 Å². The summed E-state index contributed by atoms with van der Waals surface area (Å²) < 4.78 is 26.1. The van der Waals surface area contributed by atoms with Gasteiger partial charge in [0.1, 0.15) is 0 Å². The van der Waals surface area contributed by atoms with Crippen LogP contribution in [0.2, 0.25) is 0 Å². The SMILES string of the molecule is CC(C1CC1)N(C)S(=O)(=O)c1[nH]ncc1CN. The monoisotopic (exact) mass is 258 g/mol. The van der Waals surface area contributed by atoms with E-state index in [1.165, 1.54) is 10.5 Å². The van der Waals surface area contributed by atoms with Gasteiger partial charge in [-0.1, -0.05) is 0 Å². The average Bonchev–Trinajstić information content (AvgIpc) is 3.03. The van der Waals surface area contributed by atoms with Gasteiger partial charge in [0.25, 0.3) is 10.0 Å². The lowest BCUT2D eigenvalue weighted by Gasteiger charge is -2.23. The van der Waals surface area contributed by atoms with E-state index in [9.17, 15) is 8.42 Å². The largest absolute Gasteiger partial charge is 0.326 e. The van der Waals surface area contributed by atoms with E-state index in [1.807, 2.05) is 6.92 Å². The summed E-state index contributed by atoms with van der Waals surface area (Å²) in [6.07, 6.45) is 3.67. The van der Waals surface area contributed by atoms with Crippen molar-refractivity contribution in [3.05, 3.63) is 11.8 Å². The van der Waals surface area contributed by atoms with Crippen molar-refractivity contribution in [1.29, 1.82) is 0 Å². The normalized spacial score (nSPS) is 18.6. The summed E-state index contributed by atoms with van der Waals surface area (Å²) >= 11 is 0. The maximum Gasteiger partial charge on any atom is 0.260 e. The van der Waals surface area contributed by atoms with E-state index < -0.39 is 10.0 Å². The van der Waals surface area contributed by atoms with Crippen molar-refractivity contribution in [1.82, 2.24) is 14.5 Å². The molecular formula is C10H18N4O2S. The van der Waals surface area contributed by atoms with Crippen LogP contribution in [0.3, 0.4) is 0 Å². The second-order valence-electron chi connectivity index (χ2n) is 4.53. The Morgan fingerprint density at radius 1 is 1.65 bits per heavy atom. The van der Waals surface area contributed by atoms with Gasteiger partial charge in [0, 0.05) is 25.2 Å². The van der Waals surface area contributed by atoms with Gasteiger partial charge < -0.3 is 5.73 Å². The van der Waals surface area contributed by atoms with E-state index in [0.29, 0.717) is 11.5 Å². The van der Waals surface area contributed by atoms with Crippen LogP contribution in [-0.2, 0) is 16.6 Å². The Kier molecular flexibility index (Phi) is 3.24. The van der Waals surface area contributed by atoms with Gasteiger partial charge in [0.05, 0.1) is 6.20 Å². The van der Waals surface area contributed by atoms with Crippen molar-refractivity contribution in [3.63, 3.8) is 0 Å². The van der Waals surface area contributed by atoms with Gasteiger partial charge in [-0.15, -0.1) is 0 Å². The van der Waals surface area contributed by atoms with Crippen molar-refractivity contribution in [2.75, 3.05) is 7.05 Å². The van der Waals surface area contributed by atoms with Gasteiger partial charge in [0.2, 0.25) is 0 Å². The number of hydrogen-bond acceptors (Lipinski definition) is 4. The van der Waals surface area contributed by atoms with Crippen LogP contribution < -0.4 is 5.73 Å². The fourth-order valence-corrected chi connectivity index (χ4v) is 3.44. The molecule has 2 rings (SSSR count). The molecule has 1 unspecified atom stereocenters. The smallest absolute Gasteiger partial charge is 0.260 e. The Hall–Kier alpha value is -0.920. The molecule has 0 aliphatic heterocycles. The average molecular weight is 258 g/mol. The number of sulfonamides is 1. The van der Waals surface area contributed by atoms with Crippen molar-refractivity contribution < 1.29 is 8.42 Å². The second-order valence-corrected chi connectivity index (χ2v) is 6.46. The fourth-order valence-electron chi connectivity index (χ4n) is 1.91. The molecule has 1 aliphatic carbocycles. The van der Waals surface area contributed by atoms with Crippen molar-refractivity contribution in [3.8, 4) is 0 Å². The maximum absolute atomic E-state index is 12.3. The zero-order chi connectivity index (χ0) is 12.6. The topological polar surface area (TPSA) is 92.1 Å². The Morgan fingerprint density at radius 3 is 2.82 bits per heavy atom. The van der Waals surface area contributed by atoms with Gasteiger partial charge in [-0.05, 0) is 25.7 Å². The molecule has 0 spiro atoms. The molecular weight excluding hydrogens is 240 g/mol. The number of rotatable bonds is 5. The molecule has 6 nitrogen and oxygen atoms in total. The van der Waals surface area contributed by atoms with Gasteiger partial charge in [-0.2, -0.15) is 9.40 Å². The van der Waals surface area contributed by atoms with E-state index in [4.69, 9.17) is 5.73 Å². The molecule has 1 heterocycles. The number of nitrogens with two attached hydrogens (primary N) is 1. The van der Waals surface area contributed by atoms with Gasteiger partial charge >= 0.3 is 0 Å². The molecule has 17 heavy (non-hydrogen) atoms. The highest BCUT2D eigenvalue weighted by atomic mass is 32.2. The molecule has 0 aromatic carbocycles. The quantitative estimate of drug-likeness (QED) is 0.794. The third-order valence-electron chi connectivity index (χ3n) is 3.41. The first-order valence-electron chi connectivity index (χ1n) is 5.68. The maximum atomic E-state index is 12.3. The standard InChI is InChI=1S/C10H18N4O2S/c1-7(8-3-4-8)14(2)17(15,16)10-9(5-11)6-12-13-10/h6-8H,3-5,11H2,1-2H3,(H,12,13). The molecule has 96 valence electrons. The van der Waals surface area contributed by atoms with Crippen molar-refractivity contribution >= 4 is 10.0 Å². The van der Waals surface area contributed by atoms with Crippen LogP contribution >= 0.6 is 0 Å². The lowest BCUT2D eigenvalue weighted by molar-refractivity contribution is 0.355. The zero-order valence-electron chi connectivity index (χ0n) is 10.0. The molecule has 1 aromatic rings. The van der Waals surface area contributed by atoms with E-state index in [0.717, 1.165) is 12.8 Å². The lowest BCUT2D eigenvalue weighted by atomic mass is 10.2. The van der Waals surface area contributed by atoms with Crippen molar-refractivity contribution in [2.45, 2.75) is 37.4 Å². The first-order valence-corrected chi connectivity index (χ1v) is 7.12. The highest BCUT2D eigenvalue weighted by Gasteiger charge is 2.37. The zero-order valence-corrected chi connectivity index (χ0v) is 10.9. The van der Waals surface area contributed by atoms with Crippen LogP contribution in [0.15, 0.2) is 11.2 Å². The molecule has 0 saturated heterocycles. The van der Waals surface area contributed by atoms with Gasteiger partial charge in [0.15, 0.2) is 5.03 Å². The Balaban J connectivity index is 2.29. The molecule has 7 heteroatoms. The summed E-state index contributed by atoms with van der Waals surface area (Å²) in [5.41, 5.74) is 6.02. The first-order chi connectivity index (χ1) is 7.98. The molecule has 3 N–H and O–H groups in total. The Bertz CT molecular complexity index is 492. The minimum Gasteiger partial charge on any atom is -0.326 e. The number of nitrogens with zero attached hydrogens (tertiary/aromatic N) is 2. The number of aromatic amines is 1. The van der Waals surface area contributed by atoms with E-state index in [-0.39, 0.29) is 17.6 Å². The molecule has 1 atom stereocenters. The van der Waals surface area contributed by atoms with Crippen LogP contribution in [0.25, 0.3) is 0 Å². The fraction of sp³-hybridized carbons (Fsp3) is 0.700.